The van der Waals surface area contributed by atoms with Crippen LogP contribution in [0.4, 0.5) is 5.95 Å². The number of aryl methyl sites for hydroxylation is 2. The topological polar surface area (TPSA) is 93.8 Å². The molecule has 3 N–H and O–H groups in total. The highest BCUT2D eigenvalue weighted by Crippen LogP contribution is 2.18. The quantitative estimate of drug-likeness (QED) is 0.883. The maximum Gasteiger partial charge on any atom is 0.270 e. The number of nitrogens with two attached hydrogens (primary N) is 1. The fourth-order valence-corrected chi connectivity index (χ4v) is 3.04. The van der Waals surface area contributed by atoms with Crippen molar-refractivity contribution in [2.75, 3.05) is 5.73 Å². The number of aromatic nitrogens is 3. The summed E-state index contributed by atoms with van der Waals surface area (Å²) in [5, 5.41) is 3.89. The lowest BCUT2D eigenvalue weighted by Gasteiger charge is -2.08. The Labute approximate surface area is 134 Å². The number of hydrogen-bond acceptors (Lipinski definition) is 6. The molecule has 0 aromatic carbocycles. The van der Waals surface area contributed by atoms with Gasteiger partial charge in [-0.2, -0.15) is 0 Å². The highest BCUT2D eigenvalue weighted by atomic mass is 32.1. The number of anilines is 1. The van der Waals surface area contributed by atoms with Gasteiger partial charge in [0, 0.05) is 10.6 Å². The van der Waals surface area contributed by atoms with Crippen LogP contribution in [0.2, 0.25) is 0 Å². The minimum absolute atomic E-state index is 0.124. The summed E-state index contributed by atoms with van der Waals surface area (Å²) in [5.74, 6) is 0.0658. The van der Waals surface area contributed by atoms with Gasteiger partial charge in [0.25, 0.3) is 5.91 Å². The van der Waals surface area contributed by atoms with E-state index in [-0.39, 0.29) is 17.8 Å². The van der Waals surface area contributed by atoms with Gasteiger partial charge in [-0.05, 0) is 25.3 Å². The Hall–Kier alpha value is -2.02. The molecule has 0 saturated heterocycles. The maximum absolute atomic E-state index is 12.3. The molecular weight excluding hydrogens is 298 g/mol. The van der Waals surface area contributed by atoms with E-state index in [0.29, 0.717) is 12.2 Å². The standard InChI is InChI=1S/C15H21N5OS/c1-5-10-13(22-9(4)18-10)7-17-14(21)12-6-11(8(2)3)19-15(16)20-12/h6,8H,5,7H2,1-4H3,(H,17,21)(H2,16,19,20). The van der Waals surface area contributed by atoms with Crippen molar-refractivity contribution in [3.63, 3.8) is 0 Å². The SMILES string of the molecule is CCc1nc(C)sc1CNC(=O)c1cc(C(C)C)nc(N)n1. The molecular formula is C15H21N5OS. The van der Waals surface area contributed by atoms with Crippen LogP contribution in [0.5, 0.6) is 0 Å². The Morgan fingerprint density at radius 3 is 2.73 bits per heavy atom. The number of nitrogens with one attached hydrogen (secondary N) is 1. The zero-order chi connectivity index (χ0) is 16.3. The summed E-state index contributed by atoms with van der Waals surface area (Å²) in [6.07, 6.45) is 0.855. The predicted molar refractivity (Wildman–Crippen MR) is 87.9 cm³/mol. The molecule has 2 heterocycles. The van der Waals surface area contributed by atoms with E-state index in [9.17, 15) is 4.79 Å². The molecule has 2 rings (SSSR count). The van der Waals surface area contributed by atoms with E-state index in [0.717, 1.165) is 27.7 Å². The van der Waals surface area contributed by atoms with Crippen molar-refractivity contribution < 1.29 is 4.79 Å². The maximum atomic E-state index is 12.3. The van der Waals surface area contributed by atoms with Gasteiger partial charge in [-0.25, -0.2) is 15.0 Å². The van der Waals surface area contributed by atoms with Crippen molar-refractivity contribution in [2.45, 2.75) is 46.6 Å². The summed E-state index contributed by atoms with van der Waals surface area (Å²) in [6, 6.07) is 1.69. The Morgan fingerprint density at radius 1 is 1.36 bits per heavy atom. The number of carbonyl (C=O) groups excluding carboxylic acids is 1. The lowest BCUT2D eigenvalue weighted by atomic mass is 10.1. The number of nitrogens with zero attached hydrogens (tertiary/aromatic N) is 3. The van der Waals surface area contributed by atoms with E-state index in [2.05, 4.69) is 27.2 Å². The molecule has 0 radical (unpaired) electrons. The molecule has 0 aliphatic carbocycles. The first-order valence-electron chi connectivity index (χ1n) is 7.28. The third-order valence-corrected chi connectivity index (χ3v) is 4.23. The molecule has 2 aromatic heterocycles. The van der Waals surface area contributed by atoms with Crippen LogP contribution < -0.4 is 11.1 Å². The smallest absolute Gasteiger partial charge is 0.270 e. The van der Waals surface area contributed by atoms with Gasteiger partial charge < -0.3 is 11.1 Å². The Kier molecular flexibility index (Phi) is 5.07. The largest absolute Gasteiger partial charge is 0.368 e. The van der Waals surface area contributed by atoms with Crippen molar-refractivity contribution in [3.8, 4) is 0 Å². The Bertz CT molecular complexity index is 681. The molecule has 0 fully saturated rings. The van der Waals surface area contributed by atoms with Crippen LogP contribution in [-0.2, 0) is 13.0 Å². The summed E-state index contributed by atoms with van der Waals surface area (Å²) in [4.78, 5) is 26.0. The molecule has 7 heteroatoms. The highest BCUT2D eigenvalue weighted by Gasteiger charge is 2.14. The number of carbonyl (C=O) groups is 1. The van der Waals surface area contributed by atoms with Crippen molar-refractivity contribution in [2.24, 2.45) is 0 Å². The fraction of sp³-hybridized carbons (Fsp3) is 0.467. The molecule has 1 amide bonds. The first kappa shape index (κ1) is 16.4. The summed E-state index contributed by atoms with van der Waals surface area (Å²) in [6.45, 7) is 8.47. The molecule has 0 aliphatic rings. The fourth-order valence-electron chi connectivity index (χ4n) is 2.08. The third-order valence-electron chi connectivity index (χ3n) is 3.22. The van der Waals surface area contributed by atoms with E-state index in [4.69, 9.17) is 5.73 Å². The molecule has 0 saturated carbocycles. The molecule has 0 spiro atoms. The zero-order valence-corrected chi connectivity index (χ0v) is 14.1. The minimum atomic E-state index is -0.246. The van der Waals surface area contributed by atoms with Crippen LogP contribution in [0, 0.1) is 6.92 Å². The van der Waals surface area contributed by atoms with Gasteiger partial charge >= 0.3 is 0 Å². The predicted octanol–water partition coefficient (Wildman–Crippen LogP) is 2.44. The molecule has 0 atom stereocenters. The van der Waals surface area contributed by atoms with Crippen LogP contribution in [0.1, 0.15) is 58.5 Å². The molecule has 0 unspecified atom stereocenters. The van der Waals surface area contributed by atoms with Gasteiger partial charge in [-0.1, -0.05) is 20.8 Å². The first-order chi connectivity index (χ1) is 10.4. The van der Waals surface area contributed by atoms with Crippen LogP contribution in [0.15, 0.2) is 6.07 Å². The van der Waals surface area contributed by atoms with E-state index in [1.54, 1.807) is 17.4 Å². The molecule has 6 nitrogen and oxygen atoms in total. The number of amides is 1. The average molecular weight is 319 g/mol. The minimum Gasteiger partial charge on any atom is -0.368 e. The van der Waals surface area contributed by atoms with Gasteiger partial charge in [-0.3, -0.25) is 4.79 Å². The number of nitrogen functional groups attached to an aromatic ring is 1. The van der Waals surface area contributed by atoms with Gasteiger partial charge in [0.15, 0.2) is 0 Å². The van der Waals surface area contributed by atoms with E-state index >= 15 is 0 Å². The van der Waals surface area contributed by atoms with Gasteiger partial charge in [-0.15, -0.1) is 11.3 Å². The highest BCUT2D eigenvalue weighted by molar-refractivity contribution is 7.11. The second-order valence-corrected chi connectivity index (χ2v) is 6.62. The molecule has 118 valence electrons. The number of thiazole rings is 1. The molecule has 22 heavy (non-hydrogen) atoms. The van der Waals surface area contributed by atoms with E-state index in [1.807, 2.05) is 20.8 Å². The lowest BCUT2D eigenvalue weighted by molar-refractivity contribution is 0.0946. The molecule has 2 aromatic rings. The van der Waals surface area contributed by atoms with Crippen LogP contribution in [-0.4, -0.2) is 20.9 Å². The Morgan fingerprint density at radius 2 is 2.09 bits per heavy atom. The van der Waals surface area contributed by atoms with Crippen LogP contribution in [0.3, 0.4) is 0 Å². The normalized spacial score (nSPS) is 11.0. The van der Waals surface area contributed by atoms with Crippen LogP contribution >= 0.6 is 11.3 Å². The molecule has 0 bridgehead atoms. The van der Waals surface area contributed by atoms with Crippen molar-refractivity contribution in [1.29, 1.82) is 0 Å². The average Bonchev–Trinajstić information content (AvgIpc) is 2.84. The van der Waals surface area contributed by atoms with Gasteiger partial charge in [0.2, 0.25) is 5.95 Å². The molecule has 0 aliphatic heterocycles. The first-order valence-corrected chi connectivity index (χ1v) is 8.10. The van der Waals surface area contributed by atoms with Crippen LogP contribution in [0.25, 0.3) is 0 Å². The van der Waals surface area contributed by atoms with Crippen molar-refractivity contribution >= 4 is 23.2 Å². The van der Waals surface area contributed by atoms with Crippen molar-refractivity contribution in [3.05, 3.63) is 33.0 Å². The van der Waals surface area contributed by atoms with Gasteiger partial charge in [0.05, 0.1) is 17.2 Å². The summed E-state index contributed by atoms with van der Waals surface area (Å²) >= 11 is 1.60. The summed E-state index contributed by atoms with van der Waals surface area (Å²) in [7, 11) is 0. The number of hydrogen-bond donors (Lipinski definition) is 2. The van der Waals surface area contributed by atoms with Gasteiger partial charge in [0.1, 0.15) is 5.69 Å². The summed E-state index contributed by atoms with van der Waals surface area (Å²) < 4.78 is 0. The lowest BCUT2D eigenvalue weighted by Crippen LogP contribution is -2.24. The summed E-state index contributed by atoms with van der Waals surface area (Å²) in [5.41, 5.74) is 7.78. The van der Waals surface area contributed by atoms with E-state index < -0.39 is 0 Å². The van der Waals surface area contributed by atoms with E-state index in [1.165, 1.54) is 0 Å². The van der Waals surface area contributed by atoms with Crippen molar-refractivity contribution in [1.82, 2.24) is 20.3 Å². The zero-order valence-electron chi connectivity index (χ0n) is 13.3. The third kappa shape index (κ3) is 3.79. The second-order valence-electron chi connectivity index (χ2n) is 5.33. The number of rotatable bonds is 5. The second kappa shape index (κ2) is 6.83. The Balaban J connectivity index is 2.12. The monoisotopic (exact) mass is 319 g/mol.